The van der Waals surface area contributed by atoms with E-state index in [2.05, 4.69) is 82.8 Å². The minimum Gasteiger partial charge on any atom is -0.480 e. The molecule has 0 aromatic carbocycles. The molecule has 312 valence electrons. The molecule has 1 heterocycles. The molecule has 0 aliphatic heterocycles. The van der Waals surface area contributed by atoms with Crippen molar-refractivity contribution in [2.24, 2.45) is 22.2 Å². The lowest BCUT2D eigenvalue weighted by molar-refractivity contribution is -0.141. The van der Waals surface area contributed by atoms with Crippen LogP contribution in [0, 0.1) is 0 Å². The minimum absolute atomic E-state index is 0.0342. The van der Waals surface area contributed by atoms with Gasteiger partial charge in [0.25, 0.3) is 0 Å². The Morgan fingerprint density at radius 2 is 1.25 bits per heavy atom. The summed E-state index contributed by atoms with van der Waals surface area (Å²) in [4.78, 5) is 122. The number of carboxylic acid groups (broad SMARTS) is 1. The number of nitrogens with one attached hydrogen (secondary N) is 9. The fourth-order valence-electron chi connectivity index (χ4n) is 4.17. The van der Waals surface area contributed by atoms with Crippen LogP contribution in [0.5, 0.6) is 0 Å². The molecule has 0 saturated heterocycles. The first kappa shape index (κ1) is 48.3. The number of aromatic nitrogens is 2. The Hall–Kier alpha value is -5.67. The average molecular weight is 833 g/mol. The second-order valence-electron chi connectivity index (χ2n) is 11.6. The zero-order valence-electron chi connectivity index (χ0n) is 29.9. The van der Waals surface area contributed by atoms with Gasteiger partial charge in [-0.2, -0.15) is 25.3 Å². The van der Waals surface area contributed by atoms with Crippen molar-refractivity contribution in [2.45, 2.75) is 49.5 Å². The van der Waals surface area contributed by atoms with Crippen LogP contribution in [0.25, 0.3) is 0 Å². The molecule has 8 amide bonds. The molecule has 0 aliphatic carbocycles. The Bertz CT molecular complexity index is 1550. The second kappa shape index (κ2) is 26.2. The Morgan fingerprint density at radius 3 is 1.75 bits per heavy atom. The number of aliphatic carboxylic acids is 1. The maximum Gasteiger partial charge on any atom is 0.327 e. The molecule has 0 spiro atoms. The fraction of sp³-hybridized carbons (Fsp3) is 0.552. The number of carboxylic acids is 1. The summed E-state index contributed by atoms with van der Waals surface area (Å²) in [6.07, 6.45) is 2.55. The number of rotatable bonds is 26. The van der Waals surface area contributed by atoms with Crippen molar-refractivity contribution in [1.82, 2.24) is 52.5 Å². The standard InChI is InChI=1S/C29H48N14O11S2/c30-15(11-55)24(49)37-6-20(45)35-8-22(47)40-16(2-1-3-34-29(31)32)26(51)42-17(4-14-5-33-13-39-14)27(52)43-18(10-44)25(50)38-7-21(46)36-9-23(48)41-19(12-56)28(53)54/h5,13,15-19,44,55-56H,1-4,6-12,30H2,(H,33,39)(H,35,45)(H,36,46)(H,37,49)(H,38,50)(H,40,47)(H,41,48)(H,42,51)(H,43,52)(H,53,54)(H4,31,32,34). The number of hydrogen-bond donors (Lipinski definition) is 16. The van der Waals surface area contributed by atoms with Crippen molar-refractivity contribution in [2.75, 3.05) is 50.8 Å². The summed E-state index contributed by atoms with van der Waals surface area (Å²) in [6, 6.07) is -6.64. The largest absolute Gasteiger partial charge is 0.480 e. The van der Waals surface area contributed by atoms with Gasteiger partial charge < -0.3 is 74.9 Å². The normalized spacial score (nSPS) is 13.2. The first-order chi connectivity index (χ1) is 26.5. The van der Waals surface area contributed by atoms with E-state index in [1.54, 1.807) is 0 Å². The fourth-order valence-corrected chi connectivity index (χ4v) is 4.58. The van der Waals surface area contributed by atoms with Gasteiger partial charge in [-0.3, -0.25) is 43.3 Å². The molecular weight excluding hydrogens is 785 g/mol. The first-order valence-electron chi connectivity index (χ1n) is 16.6. The third-order valence-electron chi connectivity index (χ3n) is 7.11. The SMILES string of the molecule is NC(N)=NCCCC(NC(=O)CNC(=O)CNC(=O)C(N)CS)C(=O)NC(Cc1cnc[nH]1)C(=O)NC(CO)C(=O)NCC(=O)NCC(=O)NC(CS)C(=O)O. The molecule has 5 atom stereocenters. The molecule has 1 aromatic rings. The number of thiol groups is 2. The maximum absolute atomic E-state index is 13.5. The molecule has 56 heavy (non-hydrogen) atoms. The van der Waals surface area contributed by atoms with Crippen molar-refractivity contribution in [1.29, 1.82) is 0 Å². The number of hydrogen-bond acceptors (Lipinski definition) is 15. The smallest absolute Gasteiger partial charge is 0.327 e. The number of aromatic amines is 1. The van der Waals surface area contributed by atoms with E-state index < -0.39 is 116 Å². The number of H-pyrrole nitrogens is 1. The topological polar surface area (TPSA) is 409 Å². The summed E-state index contributed by atoms with van der Waals surface area (Å²) in [7, 11) is 0. The molecule has 0 bridgehead atoms. The maximum atomic E-state index is 13.5. The number of nitrogens with zero attached hydrogens (tertiary/aromatic N) is 2. The highest BCUT2D eigenvalue weighted by Crippen LogP contribution is 2.04. The number of aliphatic hydroxyl groups excluding tert-OH is 1. The molecule has 0 fully saturated rings. The Morgan fingerprint density at radius 1 is 0.714 bits per heavy atom. The van der Waals surface area contributed by atoms with Gasteiger partial charge in [0.1, 0.15) is 24.2 Å². The minimum atomic E-state index is -1.64. The monoisotopic (exact) mass is 832 g/mol. The van der Waals surface area contributed by atoms with Crippen LogP contribution in [0.2, 0.25) is 0 Å². The Kier molecular flexibility index (Phi) is 22.6. The average Bonchev–Trinajstić information content (AvgIpc) is 3.68. The number of carbonyl (C=O) groups is 9. The van der Waals surface area contributed by atoms with Gasteiger partial charge in [-0.1, -0.05) is 0 Å². The molecule has 17 N–H and O–H groups in total. The van der Waals surface area contributed by atoms with E-state index >= 15 is 0 Å². The van der Waals surface area contributed by atoms with E-state index in [9.17, 15) is 48.3 Å². The summed E-state index contributed by atoms with van der Waals surface area (Å²) < 4.78 is 0. The van der Waals surface area contributed by atoms with E-state index in [0.29, 0.717) is 5.69 Å². The summed E-state index contributed by atoms with van der Waals surface area (Å²) in [6.45, 7) is -3.33. The summed E-state index contributed by atoms with van der Waals surface area (Å²) >= 11 is 7.71. The van der Waals surface area contributed by atoms with Crippen LogP contribution in [0.1, 0.15) is 18.5 Å². The lowest BCUT2D eigenvalue weighted by Crippen LogP contribution is -2.58. The molecule has 25 nitrogen and oxygen atoms in total. The number of imidazole rings is 1. The summed E-state index contributed by atoms with van der Waals surface area (Å²) in [5.41, 5.74) is 16.6. The quantitative estimate of drug-likeness (QED) is 0.0178. The lowest BCUT2D eigenvalue weighted by atomic mass is 10.1. The van der Waals surface area contributed by atoms with Crippen LogP contribution < -0.4 is 59.7 Å². The molecule has 1 rings (SSSR count). The van der Waals surface area contributed by atoms with Crippen LogP contribution in [0.4, 0.5) is 0 Å². The van der Waals surface area contributed by atoms with Gasteiger partial charge in [0.15, 0.2) is 5.96 Å². The third-order valence-corrected chi connectivity index (χ3v) is 7.87. The first-order valence-corrected chi connectivity index (χ1v) is 17.9. The molecule has 1 aromatic heterocycles. The van der Waals surface area contributed by atoms with E-state index in [-0.39, 0.29) is 43.3 Å². The van der Waals surface area contributed by atoms with Crippen LogP contribution >= 0.6 is 25.3 Å². The lowest BCUT2D eigenvalue weighted by Gasteiger charge is -2.24. The van der Waals surface area contributed by atoms with Crippen LogP contribution in [-0.2, 0) is 49.6 Å². The molecule has 27 heteroatoms. The van der Waals surface area contributed by atoms with Crippen molar-refractivity contribution >= 4 is 84.4 Å². The predicted molar refractivity (Wildman–Crippen MR) is 202 cm³/mol. The van der Waals surface area contributed by atoms with Gasteiger partial charge in [0.2, 0.25) is 47.3 Å². The van der Waals surface area contributed by atoms with Crippen molar-refractivity contribution < 1.29 is 53.4 Å². The van der Waals surface area contributed by atoms with Crippen LogP contribution in [0.15, 0.2) is 17.5 Å². The molecule has 0 saturated carbocycles. The number of carbonyl (C=O) groups excluding carboxylic acids is 8. The highest BCUT2D eigenvalue weighted by molar-refractivity contribution is 7.80. The number of amides is 8. The van der Waals surface area contributed by atoms with Gasteiger partial charge >= 0.3 is 5.97 Å². The zero-order valence-corrected chi connectivity index (χ0v) is 31.7. The highest BCUT2D eigenvalue weighted by Gasteiger charge is 2.30. The molecular formula is C29H48N14O11S2. The highest BCUT2D eigenvalue weighted by atomic mass is 32.1. The Labute approximate surface area is 330 Å². The van der Waals surface area contributed by atoms with Gasteiger partial charge in [0, 0.05) is 36.4 Å². The number of nitrogens with two attached hydrogens (primary N) is 3. The summed E-state index contributed by atoms with van der Waals surface area (Å²) in [5.74, 6) is -8.51. The van der Waals surface area contributed by atoms with E-state index in [1.807, 2.05) is 0 Å². The molecule has 0 aliphatic rings. The predicted octanol–water partition coefficient (Wildman–Crippen LogP) is -8.33. The van der Waals surface area contributed by atoms with Gasteiger partial charge in [-0.05, 0) is 12.8 Å². The second-order valence-corrected chi connectivity index (χ2v) is 12.3. The van der Waals surface area contributed by atoms with Crippen molar-refractivity contribution in [3.8, 4) is 0 Å². The van der Waals surface area contributed by atoms with Crippen LogP contribution in [0.3, 0.4) is 0 Å². The van der Waals surface area contributed by atoms with Crippen molar-refractivity contribution in [3.63, 3.8) is 0 Å². The van der Waals surface area contributed by atoms with Crippen LogP contribution in [-0.4, -0.2) is 160 Å². The van der Waals surface area contributed by atoms with Crippen molar-refractivity contribution in [3.05, 3.63) is 18.2 Å². The third kappa shape index (κ3) is 19.6. The number of guanidine groups is 1. The summed E-state index contributed by atoms with van der Waals surface area (Å²) in [5, 5.41) is 37.1. The molecule has 0 radical (unpaired) electrons. The van der Waals surface area contributed by atoms with Gasteiger partial charge in [-0.25, -0.2) is 9.78 Å². The van der Waals surface area contributed by atoms with Gasteiger partial charge in [0.05, 0.1) is 45.2 Å². The van der Waals surface area contributed by atoms with Gasteiger partial charge in [-0.15, -0.1) is 0 Å². The number of aliphatic imine (C=N–C) groups is 1. The van der Waals surface area contributed by atoms with E-state index in [4.69, 9.17) is 22.3 Å². The van der Waals surface area contributed by atoms with E-state index in [1.165, 1.54) is 12.5 Å². The zero-order chi connectivity index (χ0) is 42.2. The van der Waals surface area contributed by atoms with E-state index in [0.717, 1.165) is 0 Å². The number of aliphatic hydroxyl groups is 1. The molecule has 5 unspecified atom stereocenters. The Balaban J connectivity index is 2.96.